The van der Waals surface area contributed by atoms with Crippen LogP contribution in [0.25, 0.3) is 6.08 Å². The van der Waals surface area contributed by atoms with Crippen molar-refractivity contribution in [1.29, 1.82) is 5.26 Å². The van der Waals surface area contributed by atoms with Gasteiger partial charge in [-0.05, 0) is 50.0 Å². The number of hydrogen-bond acceptors (Lipinski definition) is 4. The van der Waals surface area contributed by atoms with Crippen molar-refractivity contribution in [2.24, 2.45) is 5.92 Å². The topological polar surface area (TPSA) is 84.1 Å². The Hall–Kier alpha value is -3.33. The molecular weight excluding hydrogens is 378 g/mol. The van der Waals surface area contributed by atoms with Gasteiger partial charge in [-0.2, -0.15) is 5.26 Å². The van der Waals surface area contributed by atoms with Crippen molar-refractivity contribution < 1.29 is 14.3 Å². The first-order chi connectivity index (χ1) is 14.2. The molecule has 0 unspecified atom stereocenters. The third-order valence-electron chi connectivity index (χ3n) is 4.81. The van der Waals surface area contributed by atoms with E-state index < -0.39 is 18.5 Å². The average Bonchev–Trinajstić information content (AvgIpc) is 2.97. The molecule has 1 aromatic carbocycles. The molecule has 2 rings (SSSR count). The minimum Gasteiger partial charge on any atom is -0.451 e. The molecule has 1 heterocycles. The first kappa shape index (κ1) is 23.0. The molecule has 1 N–H and O–H groups in total. The van der Waals surface area contributed by atoms with Crippen LogP contribution in [0.4, 0.5) is 0 Å². The van der Waals surface area contributed by atoms with Crippen LogP contribution in [0.3, 0.4) is 0 Å². The Morgan fingerprint density at radius 2 is 1.87 bits per heavy atom. The van der Waals surface area contributed by atoms with E-state index in [0.717, 1.165) is 29.1 Å². The van der Waals surface area contributed by atoms with E-state index in [1.165, 1.54) is 6.08 Å². The van der Waals surface area contributed by atoms with Gasteiger partial charge in [0, 0.05) is 17.9 Å². The van der Waals surface area contributed by atoms with Crippen molar-refractivity contribution >= 4 is 18.0 Å². The lowest BCUT2D eigenvalue weighted by molar-refractivity contribution is -0.144. The van der Waals surface area contributed by atoms with Crippen molar-refractivity contribution in [3.63, 3.8) is 0 Å². The molecule has 2 aromatic rings. The maximum atomic E-state index is 12.3. The maximum absolute atomic E-state index is 12.3. The molecule has 1 aromatic heterocycles. The number of nitrogens with zero attached hydrogens (tertiary/aromatic N) is 2. The van der Waals surface area contributed by atoms with E-state index >= 15 is 0 Å². The zero-order valence-electron chi connectivity index (χ0n) is 18.2. The predicted molar refractivity (Wildman–Crippen MR) is 116 cm³/mol. The number of hydrogen-bond donors (Lipinski definition) is 1. The summed E-state index contributed by atoms with van der Waals surface area (Å²) in [6.45, 7) is 10.5. The van der Waals surface area contributed by atoms with Crippen LogP contribution in [0.1, 0.15) is 49.3 Å². The molecule has 0 aliphatic carbocycles. The van der Waals surface area contributed by atoms with Gasteiger partial charge in [0.05, 0.1) is 6.04 Å². The lowest BCUT2D eigenvalue weighted by Gasteiger charge is -2.14. The van der Waals surface area contributed by atoms with E-state index in [1.54, 1.807) is 0 Å². The molecule has 6 heteroatoms. The first-order valence-electron chi connectivity index (χ1n) is 10.0. The van der Waals surface area contributed by atoms with Crippen LogP contribution in [0.2, 0.25) is 0 Å². The van der Waals surface area contributed by atoms with Gasteiger partial charge >= 0.3 is 5.97 Å². The fourth-order valence-corrected chi connectivity index (χ4v) is 3.23. The number of aromatic nitrogens is 1. The van der Waals surface area contributed by atoms with Crippen LogP contribution in [0.5, 0.6) is 0 Å². The van der Waals surface area contributed by atoms with Gasteiger partial charge in [0.1, 0.15) is 11.6 Å². The molecule has 0 bridgehead atoms. The normalized spacial score (nSPS) is 12.4. The Kier molecular flexibility index (Phi) is 7.99. The van der Waals surface area contributed by atoms with E-state index in [-0.39, 0.29) is 11.6 Å². The summed E-state index contributed by atoms with van der Waals surface area (Å²) in [6, 6.07) is 13.1. The average molecular weight is 408 g/mol. The molecule has 30 heavy (non-hydrogen) atoms. The number of esters is 1. The largest absolute Gasteiger partial charge is 0.451 e. The summed E-state index contributed by atoms with van der Waals surface area (Å²) < 4.78 is 7.22. The van der Waals surface area contributed by atoms with Crippen LogP contribution >= 0.6 is 0 Å². The minimum atomic E-state index is -0.811. The van der Waals surface area contributed by atoms with Gasteiger partial charge in [0.2, 0.25) is 0 Å². The third-order valence-corrected chi connectivity index (χ3v) is 4.81. The number of carbonyl (C=O) groups excluding carboxylic acids is 2. The number of nitriles is 1. The van der Waals surface area contributed by atoms with E-state index in [1.807, 2.05) is 63.2 Å². The van der Waals surface area contributed by atoms with E-state index in [4.69, 9.17) is 4.74 Å². The minimum absolute atomic E-state index is 0.135. The lowest BCUT2D eigenvalue weighted by Crippen LogP contribution is -2.31. The second-order valence-electron chi connectivity index (χ2n) is 7.78. The molecule has 0 saturated carbocycles. The highest BCUT2D eigenvalue weighted by Crippen LogP contribution is 2.20. The first-order valence-corrected chi connectivity index (χ1v) is 10.0. The molecule has 0 aliphatic rings. The van der Waals surface area contributed by atoms with Gasteiger partial charge in [0.25, 0.3) is 5.91 Å². The van der Waals surface area contributed by atoms with Crippen LogP contribution in [-0.4, -0.2) is 23.1 Å². The highest BCUT2D eigenvalue weighted by Gasteiger charge is 2.17. The molecular formula is C24H29N3O3. The molecule has 1 atom stereocenters. The van der Waals surface area contributed by atoms with Crippen molar-refractivity contribution in [3.8, 4) is 6.07 Å². The summed E-state index contributed by atoms with van der Waals surface area (Å²) in [7, 11) is 0. The fraction of sp³-hybridized carbons (Fsp3) is 0.375. The monoisotopic (exact) mass is 407 g/mol. The van der Waals surface area contributed by atoms with Gasteiger partial charge in [-0.25, -0.2) is 4.79 Å². The van der Waals surface area contributed by atoms with Crippen LogP contribution in [0.15, 0.2) is 42.0 Å². The van der Waals surface area contributed by atoms with Crippen molar-refractivity contribution in [2.45, 2.75) is 47.2 Å². The molecule has 0 spiro atoms. The standard InChI is InChI=1S/C24H29N3O3/c1-16(2)14-27-17(3)11-21(19(27)5)12-22(13-25)24(29)30-15-23(28)26-18(4)20-9-7-6-8-10-20/h6-12,16,18H,14-15H2,1-5H3,(H,26,28)/b22-12+/t18-/m0/s1. The third kappa shape index (κ3) is 6.08. The smallest absolute Gasteiger partial charge is 0.349 e. The van der Waals surface area contributed by atoms with E-state index in [2.05, 4.69) is 23.7 Å². The Labute approximate surface area is 178 Å². The Morgan fingerprint density at radius 3 is 2.47 bits per heavy atom. The Morgan fingerprint density at radius 1 is 1.20 bits per heavy atom. The maximum Gasteiger partial charge on any atom is 0.349 e. The number of aryl methyl sites for hydroxylation is 1. The summed E-state index contributed by atoms with van der Waals surface area (Å²) in [5, 5.41) is 12.2. The van der Waals surface area contributed by atoms with Crippen molar-refractivity contribution in [1.82, 2.24) is 9.88 Å². The zero-order valence-corrected chi connectivity index (χ0v) is 18.2. The van der Waals surface area contributed by atoms with Crippen molar-refractivity contribution in [3.05, 3.63) is 64.5 Å². The van der Waals surface area contributed by atoms with Gasteiger partial charge < -0.3 is 14.6 Å². The summed E-state index contributed by atoms with van der Waals surface area (Å²) in [4.78, 5) is 24.4. The summed E-state index contributed by atoms with van der Waals surface area (Å²) in [5.41, 5.74) is 3.66. The van der Waals surface area contributed by atoms with Crippen LogP contribution < -0.4 is 5.32 Å². The second-order valence-corrected chi connectivity index (χ2v) is 7.78. The highest BCUT2D eigenvalue weighted by molar-refractivity contribution is 5.99. The SMILES string of the molecule is Cc1cc(/C=C(\C#N)C(=O)OCC(=O)N[C@@H](C)c2ccccc2)c(C)n1CC(C)C. The van der Waals surface area contributed by atoms with Crippen LogP contribution in [-0.2, 0) is 20.9 Å². The number of benzene rings is 1. The molecule has 0 fully saturated rings. The Bertz CT molecular complexity index is 966. The van der Waals surface area contributed by atoms with Crippen molar-refractivity contribution in [2.75, 3.05) is 6.61 Å². The molecule has 0 radical (unpaired) electrons. The molecule has 1 amide bonds. The van der Waals surface area contributed by atoms with Gasteiger partial charge in [-0.3, -0.25) is 4.79 Å². The summed E-state index contributed by atoms with van der Waals surface area (Å²) in [5.74, 6) is -0.760. The number of ether oxygens (including phenoxy) is 1. The highest BCUT2D eigenvalue weighted by atomic mass is 16.5. The van der Waals surface area contributed by atoms with E-state index in [9.17, 15) is 14.9 Å². The van der Waals surface area contributed by atoms with Gasteiger partial charge in [0.15, 0.2) is 6.61 Å². The molecule has 6 nitrogen and oxygen atoms in total. The van der Waals surface area contributed by atoms with Crippen LogP contribution in [0, 0.1) is 31.1 Å². The number of rotatable bonds is 8. The second kappa shape index (κ2) is 10.4. The fourth-order valence-electron chi connectivity index (χ4n) is 3.23. The molecule has 158 valence electrons. The predicted octanol–water partition coefficient (Wildman–Crippen LogP) is 4.09. The lowest BCUT2D eigenvalue weighted by atomic mass is 10.1. The number of carbonyl (C=O) groups is 2. The molecule has 0 aliphatic heterocycles. The Balaban J connectivity index is 2.01. The number of amides is 1. The summed E-state index contributed by atoms with van der Waals surface area (Å²) >= 11 is 0. The summed E-state index contributed by atoms with van der Waals surface area (Å²) in [6.07, 6.45) is 1.52. The van der Waals surface area contributed by atoms with Gasteiger partial charge in [-0.15, -0.1) is 0 Å². The zero-order chi connectivity index (χ0) is 22.3. The number of nitrogens with one attached hydrogen (secondary N) is 1. The quantitative estimate of drug-likeness (QED) is 0.406. The molecule has 0 saturated heterocycles. The van der Waals surface area contributed by atoms with Gasteiger partial charge in [-0.1, -0.05) is 44.2 Å². The van der Waals surface area contributed by atoms with E-state index in [0.29, 0.717) is 5.92 Å².